The molecule has 0 saturated carbocycles. The molecule has 0 saturated heterocycles. The van der Waals surface area contributed by atoms with E-state index >= 15 is 0 Å². The lowest BCUT2D eigenvalue weighted by Gasteiger charge is -1.94. The van der Waals surface area contributed by atoms with Crippen molar-refractivity contribution in [3.05, 3.63) is 23.6 Å². The van der Waals surface area contributed by atoms with E-state index in [0.717, 1.165) is 25.2 Å². The molecule has 0 atom stereocenters. The summed E-state index contributed by atoms with van der Waals surface area (Å²) in [5.41, 5.74) is 0.905. The predicted octanol–water partition coefficient (Wildman–Crippen LogP) is 0.381. The van der Waals surface area contributed by atoms with E-state index in [1.54, 1.807) is 4.68 Å². The maximum atomic E-state index is 5.08. The molecule has 17 heavy (non-hydrogen) atoms. The van der Waals surface area contributed by atoms with Crippen molar-refractivity contribution in [3.63, 3.8) is 0 Å². The number of aromatic nitrogens is 5. The highest BCUT2D eigenvalue weighted by atomic mass is 16.5. The Balaban J connectivity index is 1.96. The zero-order valence-electron chi connectivity index (χ0n) is 10.1. The largest absolute Gasteiger partial charge is 0.337 e. The molecule has 0 aliphatic heterocycles. The SMILES string of the molecule is CCNCc1cn(Cc2nc(CC)no2)nn1. The lowest BCUT2D eigenvalue weighted by atomic mass is 10.4. The molecule has 2 rings (SSSR count). The van der Waals surface area contributed by atoms with Crippen LogP contribution >= 0.6 is 0 Å². The molecular weight excluding hydrogens is 220 g/mol. The Labute approximate surface area is 99.2 Å². The van der Waals surface area contributed by atoms with Crippen molar-refractivity contribution in [1.82, 2.24) is 30.5 Å². The molecule has 0 radical (unpaired) electrons. The molecule has 0 aliphatic carbocycles. The maximum absolute atomic E-state index is 5.08. The summed E-state index contributed by atoms with van der Waals surface area (Å²) in [5.74, 6) is 1.27. The van der Waals surface area contributed by atoms with Crippen LogP contribution in [0, 0.1) is 0 Å². The van der Waals surface area contributed by atoms with Gasteiger partial charge in [-0.1, -0.05) is 24.2 Å². The van der Waals surface area contributed by atoms with Gasteiger partial charge < -0.3 is 9.84 Å². The van der Waals surface area contributed by atoms with E-state index in [9.17, 15) is 0 Å². The van der Waals surface area contributed by atoms with Gasteiger partial charge in [0.05, 0.1) is 11.9 Å². The molecule has 0 unspecified atom stereocenters. The Morgan fingerprint density at radius 2 is 2.29 bits per heavy atom. The van der Waals surface area contributed by atoms with Crippen LogP contribution in [-0.2, 0) is 19.5 Å². The molecule has 0 bridgehead atoms. The van der Waals surface area contributed by atoms with Crippen molar-refractivity contribution in [2.75, 3.05) is 6.54 Å². The van der Waals surface area contributed by atoms with Gasteiger partial charge in [-0.05, 0) is 6.54 Å². The summed E-state index contributed by atoms with van der Waals surface area (Å²) < 4.78 is 6.78. The number of nitrogens with one attached hydrogen (secondary N) is 1. The van der Waals surface area contributed by atoms with Gasteiger partial charge in [0.1, 0.15) is 6.54 Å². The van der Waals surface area contributed by atoms with Crippen molar-refractivity contribution >= 4 is 0 Å². The van der Waals surface area contributed by atoms with Crippen LogP contribution in [0.1, 0.15) is 31.3 Å². The van der Waals surface area contributed by atoms with Crippen LogP contribution in [0.5, 0.6) is 0 Å². The molecule has 2 heterocycles. The number of hydrogen-bond acceptors (Lipinski definition) is 6. The normalized spacial score (nSPS) is 10.9. The summed E-state index contributed by atoms with van der Waals surface area (Å²) in [6.07, 6.45) is 2.64. The Kier molecular flexibility index (Phi) is 3.81. The highest BCUT2D eigenvalue weighted by Crippen LogP contribution is 2.01. The molecule has 92 valence electrons. The third-order valence-corrected chi connectivity index (χ3v) is 2.27. The first-order valence-electron chi connectivity index (χ1n) is 5.73. The molecule has 0 amide bonds. The van der Waals surface area contributed by atoms with Crippen LogP contribution < -0.4 is 5.32 Å². The molecule has 0 fully saturated rings. The van der Waals surface area contributed by atoms with Gasteiger partial charge in [0, 0.05) is 13.0 Å². The summed E-state index contributed by atoms with van der Waals surface area (Å²) in [6, 6.07) is 0. The number of rotatable bonds is 6. The molecule has 7 heteroatoms. The first kappa shape index (κ1) is 11.7. The van der Waals surface area contributed by atoms with Crippen molar-refractivity contribution in [2.24, 2.45) is 0 Å². The molecule has 0 spiro atoms. The van der Waals surface area contributed by atoms with Crippen LogP contribution in [0.25, 0.3) is 0 Å². The summed E-state index contributed by atoms with van der Waals surface area (Å²) in [6.45, 7) is 6.14. The third kappa shape index (κ3) is 3.10. The van der Waals surface area contributed by atoms with Crippen molar-refractivity contribution < 1.29 is 4.52 Å². The van der Waals surface area contributed by atoms with Crippen LogP contribution in [0.4, 0.5) is 0 Å². The van der Waals surface area contributed by atoms with Gasteiger partial charge in [-0.2, -0.15) is 4.98 Å². The molecule has 0 aliphatic rings. The topological polar surface area (TPSA) is 81.7 Å². The number of aryl methyl sites for hydroxylation is 1. The fraction of sp³-hybridized carbons (Fsp3) is 0.600. The van der Waals surface area contributed by atoms with E-state index in [-0.39, 0.29) is 0 Å². The summed E-state index contributed by atoms with van der Waals surface area (Å²) in [5, 5.41) is 15.1. The predicted molar refractivity (Wildman–Crippen MR) is 60.2 cm³/mol. The van der Waals surface area contributed by atoms with E-state index in [4.69, 9.17) is 4.52 Å². The monoisotopic (exact) mass is 236 g/mol. The van der Waals surface area contributed by atoms with E-state index < -0.39 is 0 Å². The van der Waals surface area contributed by atoms with E-state index in [1.807, 2.05) is 13.1 Å². The molecule has 2 aromatic heterocycles. The molecule has 7 nitrogen and oxygen atoms in total. The van der Waals surface area contributed by atoms with Crippen molar-refractivity contribution in [3.8, 4) is 0 Å². The van der Waals surface area contributed by atoms with Gasteiger partial charge in [-0.3, -0.25) is 0 Å². The minimum Gasteiger partial charge on any atom is -0.337 e. The lowest BCUT2D eigenvalue weighted by Crippen LogP contribution is -2.11. The molecule has 1 N–H and O–H groups in total. The zero-order chi connectivity index (χ0) is 12.1. The average molecular weight is 236 g/mol. The third-order valence-electron chi connectivity index (χ3n) is 2.27. The van der Waals surface area contributed by atoms with E-state index in [1.165, 1.54) is 0 Å². The van der Waals surface area contributed by atoms with Gasteiger partial charge >= 0.3 is 0 Å². The first-order valence-corrected chi connectivity index (χ1v) is 5.73. The number of nitrogens with zero attached hydrogens (tertiary/aromatic N) is 5. The van der Waals surface area contributed by atoms with E-state index in [2.05, 4.69) is 32.7 Å². The summed E-state index contributed by atoms with van der Waals surface area (Å²) in [7, 11) is 0. The van der Waals surface area contributed by atoms with Gasteiger partial charge in [0.15, 0.2) is 5.82 Å². The van der Waals surface area contributed by atoms with Crippen LogP contribution in [0.15, 0.2) is 10.7 Å². The zero-order valence-corrected chi connectivity index (χ0v) is 10.1. The first-order chi connectivity index (χ1) is 8.31. The fourth-order valence-electron chi connectivity index (χ4n) is 1.39. The molecule has 2 aromatic rings. The molecular formula is C10H16N6O. The summed E-state index contributed by atoms with van der Waals surface area (Å²) in [4.78, 5) is 4.21. The van der Waals surface area contributed by atoms with Gasteiger partial charge in [0.25, 0.3) is 0 Å². The Bertz CT molecular complexity index is 463. The van der Waals surface area contributed by atoms with E-state index in [0.29, 0.717) is 18.3 Å². The Hall–Kier alpha value is -1.76. The van der Waals surface area contributed by atoms with Crippen LogP contribution in [0.3, 0.4) is 0 Å². The van der Waals surface area contributed by atoms with Gasteiger partial charge in [0.2, 0.25) is 5.89 Å². The van der Waals surface area contributed by atoms with Crippen molar-refractivity contribution in [2.45, 2.75) is 33.4 Å². The fourth-order valence-corrected chi connectivity index (χ4v) is 1.39. The second-order valence-electron chi connectivity index (χ2n) is 3.65. The standard InChI is InChI=1S/C10H16N6O/c1-3-9-12-10(17-14-9)7-16-6-8(13-15-16)5-11-4-2/h6,11H,3-5,7H2,1-2H3. The minimum absolute atomic E-state index is 0.464. The Morgan fingerprint density at radius 3 is 3.00 bits per heavy atom. The average Bonchev–Trinajstić information content (AvgIpc) is 2.96. The Morgan fingerprint density at radius 1 is 1.41 bits per heavy atom. The van der Waals surface area contributed by atoms with Crippen LogP contribution in [-0.4, -0.2) is 31.7 Å². The van der Waals surface area contributed by atoms with Crippen LogP contribution in [0.2, 0.25) is 0 Å². The second kappa shape index (κ2) is 5.53. The highest BCUT2D eigenvalue weighted by Gasteiger charge is 2.07. The maximum Gasteiger partial charge on any atom is 0.248 e. The minimum atomic E-state index is 0.464. The smallest absolute Gasteiger partial charge is 0.248 e. The van der Waals surface area contributed by atoms with Gasteiger partial charge in [-0.25, -0.2) is 4.68 Å². The van der Waals surface area contributed by atoms with Gasteiger partial charge in [-0.15, -0.1) is 5.10 Å². The molecule has 0 aromatic carbocycles. The second-order valence-corrected chi connectivity index (χ2v) is 3.65. The van der Waals surface area contributed by atoms with Crippen molar-refractivity contribution in [1.29, 1.82) is 0 Å². The lowest BCUT2D eigenvalue weighted by molar-refractivity contribution is 0.360. The number of hydrogen-bond donors (Lipinski definition) is 1. The highest BCUT2D eigenvalue weighted by molar-refractivity contribution is 4.93. The quantitative estimate of drug-likeness (QED) is 0.781. The summed E-state index contributed by atoms with van der Waals surface area (Å²) >= 11 is 0.